The molecular formula is C7H11NS. The molecule has 2 N–H and O–H groups in total. The van der Waals surface area contributed by atoms with Crippen LogP contribution in [0.4, 0.5) is 5.69 Å². The quantitative estimate of drug-likeness (QED) is 0.420. The van der Waals surface area contributed by atoms with Gasteiger partial charge in [-0.1, -0.05) is 13.5 Å². The number of hydrogen-bond acceptors (Lipinski definition) is 2. The number of nitrogens with two attached hydrogens (primary N) is 1. The van der Waals surface area contributed by atoms with Crippen LogP contribution in [0.25, 0.3) is 0 Å². The summed E-state index contributed by atoms with van der Waals surface area (Å²) >= 11 is 4.07. The van der Waals surface area contributed by atoms with Gasteiger partial charge in [-0.3, -0.25) is 0 Å². The molecule has 0 fully saturated rings. The van der Waals surface area contributed by atoms with Crippen LogP contribution in [-0.2, 0) is 0 Å². The zero-order valence-electron chi connectivity index (χ0n) is 4.33. The minimum atomic E-state index is 0. The Kier molecular flexibility index (Phi) is 3.17. The maximum absolute atomic E-state index is 5.41. The standard InChI is InChI=1S/C6H7NS.CH4/c7-5-2-1-3-6(8)4-5;/h1-4,8H,7H2;1H4. The van der Waals surface area contributed by atoms with Crippen molar-refractivity contribution in [1.82, 2.24) is 0 Å². The molecule has 0 radical (unpaired) electrons. The first kappa shape index (κ1) is 8.37. The van der Waals surface area contributed by atoms with Crippen LogP contribution < -0.4 is 5.73 Å². The van der Waals surface area contributed by atoms with Crippen LogP contribution in [-0.4, -0.2) is 0 Å². The second kappa shape index (κ2) is 3.41. The Morgan fingerprint density at radius 1 is 1.33 bits per heavy atom. The minimum absolute atomic E-state index is 0. The highest BCUT2D eigenvalue weighted by atomic mass is 32.1. The van der Waals surface area contributed by atoms with Crippen LogP contribution in [0.2, 0.25) is 0 Å². The Morgan fingerprint density at radius 3 is 2.33 bits per heavy atom. The van der Waals surface area contributed by atoms with Crippen LogP contribution in [0, 0.1) is 0 Å². The summed E-state index contributed by atoms with van der Waals surface area (Å²) in [5.74, 6) is 0. The van der Waals surface area contributed by atoms with Crippen molar-refractivity contribution < 1.29 is 0 Å². The molecule has 1 aromatic rings. The molecule has 0 aliphatic heterocycles. The molecule has 0 atom stereocenters. The molecule has 50 valence electrons. The monoisotopic (exact) mass is 141 g/mol. The lowest BCUT2D eigenvalue weighted by Crippen LogP contribution is -1.81. The highest BCUT2D eigenvalue weighted by Crippen LogP contribution is 2.08. The highest BCUT2D eigenvalue weighted by molar-refractivity contribution is 7.80. The molecule has 2 heteroatoms. The van der Waals surface area contributed by atoms with Crippen molar-refractivity contribution in [1.29, 1.82) is 0 Å². The van der Waals surface area contributed by atoms with Gasteiger partial charge >= 0.3 is 0 Å². The molecule has 0 aromatic heterocycles. The third-order valence-corrected chi connectivity index (χ3v) is 1.15. The van der Waals surface area contributed by atoms with Gasteiger partial charge in [-0.2, -0.15) is 0 Å². The van der Waals surface area contributed by atoms with E-state index in [1.54, 1.807) is 0 Å². The van der Waals surface area contributed by atoms with Crippen molar-refractivity contribution in [2.45, 2.75) is 12.3 Å². The second-order valence-electron chi connectivity index (χ2n) is 1.59. The summed E-state index contributed by atoms with van der Waals surface area (Å²) in [4.78, 5) is 0.907. The van der Waals surface area contributed by atoms with E-state index in [2.05, 4.69) is 12.6 Å². The molecule has 0 amide bonds. The number of rotatable bonds is 0. The lowest BCUT2D eigenvalue weighted by molar-refractivity contribution is 1.48. The first-order valence-corrected chi connectivity index (χ1v) is 2.78. The van der Waals surface area contributed by atoms with E-state index in [1.807, 2.05) is 24.3 Å². The summed E-state index contributed by atoms with van der Waals surface area (Å²) in [7, 11) is 0. The average molecular weight is 141 g/mol. The average Bonchev–Trinajstić information content (AvgIpc) is 1.64. The molecular weight excluding hydrogens is 130 g/mol. The van der Waals surface area contributed by atoms with Crippen LogP contribution in [0.5, 0.6) is 0 Å². The molecule has 0 bridgehead atoms. The summed E-state index contributed by atoms with van der Waals surface area (Å²) in [6, 6.07) is 7.40. The van der Waals surface area contributed by atoms with Crippen molar-refractivity contribution in [3.05, 3.63) is 24.3 Å². The van der Waals surface area contributed by atoms with E-state index >= 15 is 0 Å². The third kappa shape index (κ3) is 2.42. The largest absolute Gasteiger partial charge is 0.399 e. The second-order valence-corrected chi connectivity index (χ2v) is 2.11. The smallest absolute Gasteiger partial charge is 0.0325 e. The van der Waals surface area contributed by atoms with Gasteiger partial charge in [-0.05, 0) is 18.2 Å². The lowest BCUT2D eigenvalue weighted by atomic mass is 10.3. The van der Waals surface area contributed by atoms with Gasteiger partial charge in [0.05, 0.1) is 0 Å². The summed E-state index contributed by atoms with van der Waals surface area (Å²) in [6.45, 7) is 0. The van der Waals surface area contributed by atoms with Crippen molar-refractivity contribution in [2.75, 3.05) is 5.73 Å². The zero-order valence-corrected chi connectivity index (χ0v) is 5.23. The van der Waals surface area contributed by atoms with Crippen molar-refractivity contribution in [2.24, 2.45) is 0 Å². The van der Waals surface area contributed by atoms with E-state index in [9.17, 15) is 0 Å². The maximum atomic E-state index is 5.41. The Balaban J connectivity index is 0.000000640. The number of thiol groups is 1. The predicted molar refractivity (Wildman–Crippen MR) is 44.8 cm³/mol. The molecule has 9 heavy (non-hydrogen) atoms. The molecule has 1 nitrogen and oxygen atoms in total. The van der Waals surface area contributed by atoms with Gasteiger partial charge in [-0.25, -0.2) is 0 Å². The lowest BCUT2D eigenvalue weighted by Gasteiger charge is -1.90. The molecule has 0 saturated carbocycles. The number of hydrogen-bond donors (Lipinski definition) is 2. The summed E-state index contributed by atoms with van der Waals surface area (Å²) < 4.78 is 0. The Hall–Kier alpha value is -0.630. The molecule has 0 spiro atoms. The summed E-state index contributed by atoms with van der Waals surface area (Å²) in [5.41, 5.74) is 6.17. The fourth-order valence-electron chi connectivity index (χ4n) is 0.525. The summed E-state index contributed by atoms with van der Waals surface area (Å²) in [5, 5.41) is 0. The molecule has 0 aliphatic rings. The Morgan fingerprint density at radius 2 is 2.00 bits per heavy atom. The molecule has 0 unspecified atom stereocenters. The topological polar surface area (TPSA) is 26.0 Å². The van der Waals surface area contributed by atoms with Gasteiger partial charge in [0.25, 0.3) is 0 Å². The number of benzene rings is 1. The van der Waals surface area contributed by atoms with Crippen LogP contribution in [0.15, 0.2) is 29.2 Å². The highest BCUT2D eigenvalue weighted by Gasteiger charge is 1.82. The first-order valence-electron chi connectivity index (χ1n) is 2.33. The third-order valence-electron chi connectivity index (χ3n) is 0.870. The maximum Gasteiger partial charge on any atom is 0.0325 e. The Bertz CT molecular complexity index is 169. The molecule has 0 heterocycles. The number of nitrogen functional groups attached to an aromatic ring is 1. The SMILES string of the molecule is C.Nc1cccc(S)c1. The zero-order chi connectivity index (χ0) is 5.98. The van der Waals surface area contributed by atoms with Gasteiger partial charge in [0, 0.05) is 10.6 Å². The van der Waals surface area contributed by atoms with Gasteiger partial charge in [-0.15, -0.1) is 12.6 Å². The summed E-state index contributed by atoms with van der Waals surface area (Å²) in [6.07, 6.45) is 0. The first-order chi connectivity index (χ1) is 3.79. The van der Waals surface area contributed by atoms with Gasteiger partial charge in [0.2, 0.25) is 0 Å². The van der Waals surface area contributed by atoms with Gasteiger partial charge in [0.15, 0.2) is 0 Å². The Labute approximate surface area is 61.3 Å². The van der Waals surface area contributed by atoms with Crippen LogP contribution in [0.1, 0.15) is 7.43 Å². The van der Waals surface area contributed by atoms with E-state index < -0.39 is 0 Å². The minimum Gasteiger partial charge on any atom is -0.399 e. The fourth-order valence-corrected chi connectivity index (χ4v) is 0.760. The van der Waals surface area contributed by atoms with Crippen molar-refractivity contribution in [3.8, 4) is 0 Å². The van der Waals surface area contributed by atoms with Crippen molar-refractivity contribution >= 4 is 18.3 Å². The fraction of sp³-hybridized carbons (Fsp3) is 0.143. The normalized spacial score (nSPS) is 8.11. The van der Waals surface area contributed by atoms with Gasteiger partial charge in [0.1, 0.15) is 0 Å². The van der Waals surface area contributed by atoms with E-state index in [1.165, 1.54) is 0 Å². The molecule has 0 saturated heterocycles. The van der Waals surface area contributed by atoms with Crippen LogP contribution in [0.3, 0.4) is 0 Å². The van der Waals surface area contributed by atoms with E-state index in [0.29, 0.717) is 0 Å². The number of anilines is 1. The van der Waals surface area contributed by atoms with E-state index in [4.69, 9.17) is 5.73 Å². The molecule has 1 aromatic carbocycles. The predicted octanol–water partition coefficient (Wildman–Crippen LogP) is 2.19. The molecule has 1 rings (SSSR count). The van der Waals surface area contributed by atoms with Crippen LogP contribution >= 0.6 is 12.6 Å². The van der Waals surface area contributed by atoms with E-state index in [0.717, 1.165) is 10.6 Å². The van der Waals surface area contributed by atoms with E-state index in [-0.39, 0.29) is 7.43 Å². The van der Waals surface area contributed by atoms with Crippen molar-refractivity contribution in [3.63, 3.8) is 0 Å². The van der Waals surface area contributed by atoms with Gasteiger partial charge < -0.3 is 5.73 Å². The molecule has 0 aliphatic carbocycles.